The number of hydrogen-bond donors (Lipinski definition) is 1. The van der Waals surface area contributed by atoms with E-state index in [0.717, 1.165) is 12.0 Å². The van der Waals surface area contributed by atoms with Crippen LogP contribution in [-0.4, -0.2) is 35.6 Å². The van der Waals surface area contributed by atoms with Gasteiger partial charge < -0.3 is 5.32 Å². The van der Waals surface area contributed by atoms with Crippen molar-refractivity contribution < 1.29 is 0 Å². The third-order valence-electron chi connectivity index (χ3n) is 3.11. The molecule has 0 amide bonds. The van der Waals surface area contributed by atoms with Gasteiger partial charge in [0.05, 0.1) is 0 Å². The van der Waals surface area contributed by atoms with Crippen molar-refractivity contribution >= 4 is 23.5 Å². The lowest BCUT2D eigenvalue weighted by molar-refractivity contribution is 0.424. The summed E-state index contributed by atoms with van der Waals surface area (Å²) in [7, 11) is 0. The van der Waals surface area contributed by atoms with Crippen molar-refractivity contribution in [1.82, 2.24) is 5.32 Å². The van der Waals surface area contributed by atoms with Crippen LogP contribution in [0.25, 0.3) is 0 Å². The molecular formula is C11H21NS2. The predicted molar refractivity (Wildman–Crippen MR) is 68.4 cm³/mol. The van der Waals surface area contributed by atoms with Crippen LogP contribution >= 0.6 is 23.5 Å². The van der Waals surface area contributed by atoms with Crippen LogP contribution in [-0.2, 0) is 0 Å². The summed E-state index contributed by atoms with van der Waals surface area (Å²) in [5.41, 5.74) is 0. The van der Waals surface area contributed by atoms with Crippen LogP contribution in [0.15, 0.2) is 0 Å². The first-order valence-electron chi connectivity index (χ1n) is 5.84. The quantitative estimate of drug-likeness (QED) is 0.802. The molecule has 0 saturated carbocycles. The fourth-order valence-electron chi connectivity index (χ4n) is 2.20. The van der Waals surface area contributed by atoms with Crippen molar-refractivity contribution in [2.45, 2.75) is 31.7 Å². The molecule has 1 N–H and O–H groups in total. The number of rotatable bonds is 3. The van der Waals surface area contributed by atoms with E-state index in [4.69, 9.17) is 0 Å². The molecule has 0 spiro atoms. The van der Waals surface area contributed by atoms with Gasteiger partial charge in [0.15, 0.2) is 0 Å². The smallest absolute Gasteiger partial charge is 0.0158 e. The molecule has 2 rings (SSSR count). The molecule has 2 saturated heterocycles. The van der Waals surface area contributed by atoms with Gasteiger partial charge in [-0.05, 0) is 55.4 Å². The maximum Gasteiger partial charge on any atom is 0.0158 e. The summed E-state index contributed by atoms with van der Waals surface area (Å²) < 4.78 is 0. The molecule has 82 valence electrons. The molecule has 2 fully saturated rings. The van der Waals surface area contributed by atoms with Crippen LogP contribution in [0.2, 0.25) is 0 Å². The third kappa shape index (κ3) is 3.67. The highest BCUT2D eigenvalue weighted by atomic mass is 32.2. The van der Waals surface area contributed by atoms with E-state index >= 15 is 0 Å². The Morgan fingerprint density at radius 1 is 1.00 bits per heavy atom. The van der Waals surface area contributed by atoms with Gasteiger partial charge in [0.2, 0.25) is 0 Å². The molecule has 0 bridgehead atoms. The highest BCUT2D eigenvalue weighted by molar-refractivity contribution is 7.99. The number of hydrogen-bond acceptors (Lipinski definition) is 3. The standard InChI is InChI=1S/C11H21NS2/c1-3-10(8-13-5-1)7-12-11-4-2-6-14-9-11/h10-12H,1-9H2. The summed E-state index contributed by atoms with van der Waals surface area (Å²) in [6, 6.07) is 0.820. The van der Waals surface area contributed by atoms with Crippen molar-refractivity contribution in [2.75, 3.05) is 29.6 Å². The second-order valence-electron chi connectivity index (χ2n) is 4.41. The summed E-state index contributed by atoms with van der Waals surface area (Å²) >= 11 is 4.27. The average Bonchev–Trinajstić information content (AvgIpc) is 2.29. The fourth-order valence-corrected chi connectivity index (χ4v) is 4.47. The molecular weight excluding hydrogens is 210 g/mol. The minimum atomic E-state index is 0.820. The predicted octanol–water partition coefficient (Wildman–Crippen LogP) is 2.61. The molecule has 2 atom stereocenters. The summed E-state index contributed by atoms with van der Waals surface area (Å²) in [5, 5.41) is 3.76. The Balaban J connectivity index is 1.60. The van der Waals surface area contributed by atoms with Gasteiger partial charge in [0.1, 0.15) is 0 Å². The summed E-state index contributed by atoms with van der Waals surface area (Å²) in [6.07, 6.45) is 5.73. The van der Waals surface area contributed by atoms with E-state index in [-0.39, 0.29) is 0 Å². The maximum atomic E-state index is 3.76. The van der Waals surface area contributed by atoms with Gasteiger partial charge in [0.25, 0.3) is 0 Å². The molecule has 0 aliphatic carbocycles. The van der Waals surface area contributed by atoms with E-state index in [1.807, 2.05) is 0 Å². The molecule has 0 aromatic rings. The first-order valence-corrected chi connectivity index (χ1v) is 8.15. The summed E-state index contributed by atoms with van der Waals surface area (Å²) in [4.78, 5) is 0. The van der Waals surface area contributed by atoms with Crippen molar-refractivity contribution in [1.29, 1.82) is 0 Å². The van der Waals surface area contributed by atoms with Gasteiger partial charge >= 0.3 is 0 Å². The highest BCUT2D eigenvalue weighted by Crippen LogP contribution is 2.23. The van der Waals surface area contributed by atoms with E-state index in [2.05, 4.69) is 28.8 Å². The molecule has 2 heterocycles. The van der Waals surface area contributed by atoms with Crippen molar-refractivity contribution in [3.05, 3.63) is 0 Å². The van der Waals surface area contributed by atoms with E-state index in [1.54, 1.807) is 0 Å². The van der Waals surface area contributed by atoms with Crippen LogP contribution in [0.4, 0.5) is 0 Å². The Labute approximate surface area is 96.2 Å². The van der Waals surface area contributed by atoms with Gasteiger partial charge in [0, 0.05) is 11.8 Å². The largest absolute Gasteiger partial charge is 0.313 e. The lowest BCUT2D eigenvalue weighted by Crippen LogP contribution is -2.38. The summed E-state index contributed by atoms with van der Waals surface area (Å²) in [5.74, 6) is 6.49. The molecule has 0 aromatic carbocycles. The minimum absolute atomic E-state index is 0.820. The normalized spacial score (nSPS) is 34.3. The van der Waals surface area contributed by atoms with Gasteiger partial charge in [-0.2, -0.15) is 23.5 Å². The lowest BCUT2D eigenvalue weighted by atomic mass is 10.0. The van der Waals surface area contributed by atoms with Crippen LogP contribution in [0.5, 0.6) is 0 Å². The van der Waals surface area contributed by atoms with Crippen molar-refractivity contribution in [3.8, 4) is 0 Å². The zero-order valence-corrected chi connectivity index (χ0v) is 10.5. The van der Waals surface area contributed by atoms with E-state index in [0.29, 0.717) is 0 Å². The van der Waals surface area contributed by atoms with Gasteiger partial charge in [-0.3, -0.25) is 0 Å². The Hall–Kier alpha value is 0.660. The monoisotopic (exact) mass is 231 g/mol. The first kappa shape index (κ1) is 11.2. The van der Waals surface area contributed by atoms with Crippen LogP contribution < -0.4 is 5.32 Å². The SMILES string of the molecule is C1CSCC(CNC2CCCSC2)C1. The second kappa shape index (κ2) is 6.29. The van der Waals surface area contributed by atoms with E-state index in [1.165, 1.54) is 55.2 Å². The zero-order chi connectivity index (χ0) is 9.64. The van der Waals surface area contributed by atoms with Gasteiger partial charge in [-0.1, -0.05) is 0 Å². The van der Waals surface area contributed by atoms with E-state index in [9.17, 15) is 0 Å². The summed E-state index contributed by atoms with van der Waals surface area (Å²) in [6.45, 7) is 1.28. The second-order valence-corrected chi connectivity index (χ2v) is 6.71. The van der Waals surface area contributed by atoms with Crippen molar-refractivity contribution in [2.24, 2.45) is 5.92 Å². The Morgan fingerprint density at radius 2 is 1.79 bits per heavy atom. The molecule has 2 unspecified atom stereocenters. The van der Waals surface area contributed by atoms with Crippen LogP contribution in [0.3, 0.4) is 0 Å². The van der Waals surface area contributed by atoms with Crippen LogP contribution in [0.1, 0.15) is 25.7 Å². The Kier molecular flexibility index (Phi) is 5.01. The lowest BCUT2D eigenvalue weighted by Gasteiger charge is -2.27. The number of nitrogens with one attached hydrogen (secondary N) is 1. The molecule has 0 aromatic heterocycles. The van der Waals surface area contributed by atoms with E-state index < -0.39 is 0 Å². The minimum Gasteiger partial charge on any atom is -0.313 e. The van der Waals surface area contributed by atoms with Crippen LogP contribution in [0, 0.1) is 5.92 Å². The Bertz CT molecular complexity index is 133. The van der Waals surface area contributed by atoms with Gasteiger partial charge in [-0.15, -0.1) is 0 Å². The average molecular weight is 231 g/mol. The molecule has 2 aliphatic heterocycles. The molecule has 14 heavy (non-hydrogen) atoms. The maximum absolute atomic E-state index is 3.76. The first-order chi connectivity index (χ1) is 6.95. The molecule has 0 radical (unpaired) electrons. The fraction of sp³-hybridized carbons (Fsp3) is 1.00. The number of thioether (sulfide) groups is 2. The molecule has 2 aliphatic rings. The zero-order valence-electron chi connectivity index (χ0n) is 8.84. The molecule has 3 heteroatoms. The Morgan fingerprint density at radius 3 is 2.43 bits per heavy atom. The molecule has 1 nitrogen and oxygen atoms in total. The van der Waals surface area contributed by atoms with Gasteiger partial charge in [-0.25, -0.2) is 0 Å². The van der Waals surface area contributed by atoms with Crippen molar-refractivity contribution in [3.63, 3.8) is 0 Å². The third-order valence-corrected chi connectivity index (χ3v) is 5.61. The highest BCUT2D eigenvalue weighted by Gasteiger charge is 2.17. The topological polar surface area (TPSA) is 12.0 Å².